The van der Waals surface area contributed by atoms with Crippen LogP contribution in [0.1, 0.15) is 26.7 Å². The minimum Gasteiger partial charge on any atom is -0.447 e. The van der Waals surface area contributed by atoms with E-state index in [1.165, 1.54) is 0 Å². The topological polar surface area (TPSA) is 41.6 Å². The summed E-state index contributed by atoms with van der Waals surface area (Å²) in [6, 6.07) is 0.336. The van der Waals surface area contributed by atoms with Gasteiger partial charge in [-0.3, -0.25) is 0 Å². The van der Waals surface area contributed by atoms with E-state index >= 15 is 0 Å². The Labute approximate surface area is 85.6 Å². The number of hydrogen-bond acceptors (Lipinski definition) is 3. The van der Waals surface area contributed by atoms with Crippen molar-refractivity contribution >= 4 is 6.09 Å². The molecule has 14 heavy (non-hydrogen) atoms. The Bertz CT molecular complexity index is 189. The van der Waals surface area contributed by atoms with Gasteiger partial charge >= 0.3 is 6.09 Å². The van der Waals surface area contributed by atoms with Crippen molar-refractivity contribution < 1.29 is 9.53 Å². The van der Waals surface area contributed by atoms with Gasteiger partial charge in [-0.25, -0.2) is 4.79 Å². The zero-order valence-electron chi connectivity index (χ0n) is 9.25. The molecule has 0 unspecified atom stereocenters. The lowest BCUT2D eigenvalue weighted by Crippen LogP contribution is -2.44. The molecule has 1 N–H and O–H groups in total. The maximum absolute atomic E-state index is 11.5. The normalized spacial score (nSPS) is 18.3. The highest BCUT2D eigenvalue weighted by Gasteiger charge is 2.23. The molecule has 0 saturated carbocycles. The zero-order valence-corrected chi connectivity index (χ0v) is 9.25. The molecule has 82 valence electrons. The fourth-order valence-electron chi connectivity index (χ4n) is 1.63. The van der Waals surface area contributed by atoms with E-state index in [9.17, 15) is 4.79 Å². The van der Waals surface area contributed by atoms with Gasteiger partial charge in [0.2, 0.25) is 0 Å². The van der Waals surface area contributed by atoms with Crippen LogP contribution in [0, 0.1) is 0 Å². The molecule has 1 aliphatic heterocycles. The molecule has 1 rings (SSSR count). The molecular weight excluding hydrogens is 180 g/mol. The van der Waals surface area contributed by atoms with Gasteiger partial charge in [0.25, 0.3) is 0 Å². The molecule has 1 aliphatic rings. The summed E-state index contributed by atoms with van der Waals surface area (Å²) in [6.45, 7) is 5.72. The average Bonchev–Trinajstić information content (AvgIpc) is 2.17. The Morgan fingerprint density at radius 3 is 2.50 bits per heavy atom. The second-order valence-electron chi connectivity index (χ2n) is 4.02. The van der Waals surface area contributed by atoms with Crippen LogP contribution in [-0.4, -0.2) is 43.3 Å². The Kier molecular flexibility index (Phi) is 4.20. The summed E-state index contributed by atoms with van der Waals surface area (Å²) in [5.41, 5.74) is 0. The Hall–Kier alpha value is -0.770. The van der Waals surface area contributed by atoms with E-state index in [4.69, 9.17) is 4.74 Å². The molecule has 0 aliphatic carbocycles. The number of carbonyl (C=O) groups is 1. The molecule has 1 fully saturated rings. The number of ether oxygens (including phenoxy) is 1. The van der Waals surface area contributed by atoms with Gasteiger partial charge in [-0.15, -0.1) is 0 Å². The number of nitrogens with zero attached hydrogens (tertiary/aromatic N) is 1. The Balaban J connectivity index is 2.38. The fraction of sp³-hybridized carbons (Fsp3) is 0.900. The zero-order chi connectivity index (χ0) is 10.6. The van der Waals surface area contributed by atoms with Crippen LogP contribution in [0.2, 0.25) is 0 Å². The molecule has 0 spiro atoms. The first-order valence-electron chi connectivity index (χ1n) is 5.25. The molecule has 4 heteroatoms. The van der Waals surface area contributed by atoms with Crippen LogP contribution in [0.5, 0.6) is 0 Å². The highest BCUT2D eigenvalue weighted by atomic mass is 16.6. The van der Waals surface area contributed by atoms with Gasteiger partial charge in [0.15, 0.2) is 0 Å². The van der Waals surface area contributed by atoms with Gasteiger partial charge in [-0.2, -0.15) is 0 Å². The molecule has 0 bridgehead atoms. The summed E-state index contributed by atoms with van der Waals surface area (Å²) in [7, 11) is 1.82. The molecule has 0 aromatic rings. The molecule has 0 radical (unpaired) electrons. The predicted octanol–water partition coefficient (Wildman–Crippen LogP) is 1.22. The molecule has 4 nitrogen and oxygen atoms in total. The van der Waals surface area contributed by atoms with Gasteiger partial charge in [0, 0.05) is 13.1 Å². The summed E-state index contributed by atoms with van der Waals surface area (Å²) >= 11 is 0. The van der Waals surface area contributed by atoms with Crippen molar-refractivity contribution in [2.45, 2.75) is 38.8 Å². The van der Waals surface area contributed by atoms with Crippen molar-refractivity contribution in [3.05, 3.63) is 0 Å². The first-order valence-corrected chi connectivity index (χ1v) is 5.25. The first-order chi connectivity index (χ1) is 6.61. The first kappa shape index (κ1) is 11.3. The predicted molar refractivity (Wildman–Crippen MR) is 55.3 cm³/mol. The summed E-state index contributed by atoms with van der Waals surface area (Å²) in [5.74, 6) is 0. The largest absolute Gasteiger partial charge is 0.447 e. The standard InChI is InChI=1S/C10H20N2O2/c1-8(2)14-10(13)12(3)9-4-6-11-7-5-9/h8-9,11H,4-7H2,1-3H3. The molecular formula is C10H20N2O2. The Morgan fingerprint density at radius 2 is 2.00 bits per heavy atom. The van der Waals surface area contributed by atoms with Gasteiger partial charge < -0.3 is 15.0 Å². The van der Waals surface area contributed by atoms with Crippen molar-refractivity contribution in [1.82, 2.24) is 10.2 Å². The van der Waals surface area contributed by atoms with Crippen LogP contribution in [-0.2, 0) is 4.74 Å². The van der Waals surface area contributed by atoms with E-state index in [2.05, 4.69) is 5.32 Å². The lowest BCUT2D eigenvalue weighted by molar-refractivity contribution is 0.0675. The summed E-state index contributed by atoms with van der Waals surface area (Å²) in [6.07, 6.45) is 1.80. The monoisotopic (exact) mass is 200 g/mol. The number of hydrogen-bond donors (Lipinski definition) is 1. The third-order valence-corrected chi connectivity index (χ3v) is 2.48. The van der Waals surface area contributed by atoms with Crippen LogP contribution >= 0.6 is 0 Å². The highest BCUT2D eigenvalue weighted by Crippen LogP contribution is 2.11. The number of amides is 1. The van der Waals surface area contributed by atoms with Gasteiger partial charge in [0.05, 0.1) is 6.10 Å². The average molecular weight is 200 g/mol. The SMILES string of the molecule is CC(C)OC(=O)N(C)C1CCNCC1. The van der Waals surface area contributed by atoms with Crippen molar-refractivity contribution in [3.8, 4) is 0 Å². The maximum atomic E-state index is 11.5. The van der Waals surface area contributed by atoms with Crippen molar-refractivity contribution in [2.75, 3.05) is 20.1 Å². The number of rotatable bonds is 2. The van der Waals surface area contributed by atoms with Gasteiger partial charge in [-0.1, -0.05) is 0 Å². The maximum Gasteiger partial charge on any atom is 0.410 e. The molecule has 1 amide bonds. The lowest BCUT2D eigenvalue weighted by Gasteiger charge is -2.31. The smallest absolute Gasteiger partial charge is 0.410 e. The summed E-state index contributed by atoms with van der Waals surface area (Å²) in [5, 5.41) is 3.27. The van der Waals surface area contributed by atoms with Crippen LogP contribution in [0.3, 0.4) is 0 Å². The van der Waals surface area contributed by atoms with Crippen molar-refractivity contribution in [3.63, 3.8) is 0 Å². The van der Waals surface area contributed by atoms with Crippen molar-refractivity contribution in [2.24, 2.45) is 0 Å². The number of piperidine rings is 1. The van der Waals surface area contributed by atoms with E-state index in [1.54, 1.807) is 4.90 Å². The minimum absolute atomic E-state index is 0.0355. The minimum atomic E-state index is -0.202. The molecule has 1 saturated heterocycles. The molecule has 1 heterocycles. The number of carbonyl (C=O) groups excluding carboxylic acids is 1. The quantitative estimate of drug-likeness (QED) is 0.728. The van der Waals surface area contributed by atoms with E-state index < -0.39 is 0 Å². The third kappa shape index (κ3) is 3.18. The van der Waals surface area contributed by atoms with E-state index in [0.717, 1.165) is 25.9 Å². The Morgan fingerprint density at radius 1 is 1.43 bits per heavy atom. The van der Waals surface area contributed by atoms with Gasteiger partial charge in [-0.05, 0) is 39.8 Å². The second-order valence-corrected chi connectivity index (χ2v) is 4.02. The fourth-order valence-corrected chi connectivity index (χ4v) is 1.63. The van der Waals surface area contributed by atoms with Crippen molar-refractivity contribution in [1.29, 1.82) is 0 Å². The highest BCUT2D eigenvalue weighted by molar-refractivity contribution is 5.67. The van der Waals surface area contributed by atoms with Crippen LogP contribution in [0.4, 0.5) is 4.79 Å². The molecule has 0 aromatic carbocycles. The number of nitrogens with one attached hydrogen (secondary N) is 1. The van der Waals surface area contributed by atoms with E-state index in [0.29, 0.717) is 6.04 Å². The van der Waals surface area contributed by atoms with Crippen LogP contribution in [0.15, 0.2) is 0 Å². The molecule has 0 aromatic heterocycles. The summed E-state index contributed by atoms with van der Waals surface area (Å²) in [4.78, 5) is 13.3. The van der Waals surface area contributed by atoms with E-state index in [1.807, 2.05) is 20.9 Å². The lowest BCUT2D eigenvalue weighted by atomic mass is 10.1. The van der Waals surface area contributed by atoms with Crippen LogP contribution < -0.4 is 5.32 Å². The molecule has 0 atom stereocenters. The van der Waals surface area contributed by atoms with Gasteiger partial charge in [0.1, 0.15) is 0 Å². The third-order valence-electron chi connectivity index (χ3n) is 2.48. The summed E-state index contributed by atoms with van der Waals surface area (Å²) < 4.78 is 5.13. The second kappa shape index (κ2) is 5.20. The van der Waals surface area contributed by atoms with E-state index in [-0.39, 0.29) is 12.2 Å². The van der Waals surface area contributed by atoms with Crippen LogP contribution in [0.25, 0.3) is 0 Å².